The van der Waals surface area contributed by atoms with E-state index in [4.69, 9.17) is 9.47 Å². The van der Waals surface area contributed by atoms with E-state index in [-0.39, 0.29) is 11.9 Å². The number of methoxy groups -OCH3 is 2. The number of carbonyl (C=O) groups is 1. The van der Waals surface area contributed by atoms with Gasteiger partial charge in [-0.15, -0.1) is 0 Å². The molecule has 0 spiro atoms. The van der Waals surface area contributed by atoms with Gasteiger partial charge in [0, 0.05) is 18.0 Å². The molecule has 1 aromatic heterocycles. The molecule has 1 aliphatic rings. The first kappa shape index (κ1) is 19.9. The Morgan fingerprint density at radius 1 is 1.21 bits per heavy atom. The van der Waals surface area contributed by atoms with Gasteiger partial charge in [0.05, 0.1) is 46.4 Å². The molecule has 0 radical (unpaired) electrons. The van der Waals surface area contributed by atoms with Gasteiger partial charge in [0.2, 0.25) is 5.95 Å². The van der Waals surface area contributed by atoms with Crippen LogP contribution < -0.4 is 24.6 Å². The van der Waals surface area contributed by atoms with Crippen molar-refractivity contribution in [1.82, 2.24) is 15.3 Å². The third kappa shape index (κ3) is 4.89. The third-order valence-electron chi connectivity index (χ3n) is 5.00. The molecule has 28 heavy (non-hydrogen) atoms. The summed E-state index contributed by atoms with van der Waals surface area (Å²) < 4.78 is 10.7. The first-order valence-electron chi connectivity index (χ1n) is 9.47. The number of nitrogens with one attached hydrogen (secondary N) is 2. The van der Waals surface area contributed by atoms with E-state index in [1.165, 1.54) is 4.90 Å². The van der Waals surface area contributed by atoms with E-state index in [9.17, 15) is 4.79 Å². The Bertz CT molecular complexity index is 779. The highest BCUT2D eigenvalue weighted by molar-refractivity contribution is 5.77. The minimum Gasteiger partial charge on any atom is -0.497 e. The van der Waals surface area contributed by atoms with E-state index in [2.05, 4.69) is 20.2 Å². The number of aromatic nitrogens is 2. The summed E-state index contributed by atoms with van der Waals surface area (Å²) >= 11 is 0. The van der Waals surface area contributed by atoms with Crippen LogP contribution in [-0.2, 0) is 4.79 Å². The van der Waals surface area contributed by atoms with Gasteiger partial charge in [-0.05, 0) is 31.2 Å². The summed E-state index contributed by atoms with van der Waals surface area (Å²) in [6.07, 6.45) is 3.51. The SMILES string of the molecule is COc1ccc(OC)c([C@@H](C)NC(=O)C[NH+]2CCN(c3ncccn3)CC2)c1. The molecule has 0 saturated carbocycles. The van der Waals surface area contributed by atoms with Gasteiger partial charge in [0.15, 0.2) is 6.54 Å². The fourth-order valence-electron chi connectivity index (χ4n) is 3.43. The maximum atomic E-state index is 12.6. The Morgan fingerprint density at radius 3 is 2.57 bits per heavy atom. The van der Waals surface area contributed by atoms with Crippen molar-refractivity contribution in [3.8, 4) is 11.5 Å². The summed E-state index contributed by atoms with van der Waals surface area (Å²) in [6, 6.07) is 7.24. The minimum absolute atomic E-state index is 0.0248. The first-order valence-corrected chi connectivity index (χ1v) is 9.47. The molecule has 1 saturated heterocycles. The van der Waals surface area contributed by atoms with E-state index in [1.807, 2.05) is 31.2 Å². The van der Waals surface area contributed by atoms with Crippen LogP contribution in [0.1, 0.15) is 18.5 Å². The molecule has 1 fully saturated rings. The van der Waals surface area contributed by atoms with Crippen LogP contribution in [0.5, 0.6) is 11.5 Å². The molecular formula is C20H28N5O3+. The number of carbonyl (C=O) groups excluding carboxylic acids is 1. The van der Waals surface area contributed by atoms with E-state index in [0.717, 1.165) is 49.2 Å². The molecule has 1 amide bonds. The lowest BCUT2D eigenvalue weighted by Crippen LogP contribution is -3.16. The second kappa shape index (κ2) is 9.36. The lowest BCUT2D eigenvalue weighted by atomic mass is 10.1. The van der Waals surface area contributed by atoms with Crippen molar-refractivity contribution in [1.29, 1.82) is 0 Å². The van der Waals surface area contributed by atoms with Crippen LogP contribution in [0, 0.1) is 0 Å². The second-order valence-corrected chi connectivity index (χ2v) is 6.86. The van der Waals surface area contributed by atoms with Crippen LogP contribution >= 0.6 is 0 Å². The van der Waals surface area contributed by atoms with Crippen LogP contribution in [0.15, 0.2) is 36.7 Å². The quantitative estimate of drug-likeness (QED) is 0.701. The van der Waals surface area contributed by atoms with E-state index in [1.54, 1.807) is 26.6 Å². The van der Waals surface area contributed by atoms with Gasteiger partial charge >= 0.3 is 0 Å². The molecule has 1 aliphatic heterocycles. The number of amides is 1. The van der Waals surface area contributed by atoms with E-state index in [0.29, 0.717) is 6.54 Å². The van der Waals surface area contributed by atoms with Gasteiger partial charge in [0.1, 0.15) is 11.5 Å². The van der Waals surface area contributed by atoms with E-state index >= 15 is 0 Å². The Morgan fingerprint density at radius 2 is 1.93 bits per heavy atom. The number of quaternary nitrogens is 1. The highest BCUT2D eigenvalue weighted by Gasteiger charge is 2.24. The van der Waals surface area contributed by atoms with Gasteiger partial charge in [-0.3, -0.25) is 4.79 Å². The zero-order chi connectivity index (χ0) is 19.9. The predicted molar refractivity (Wildman–Crippen MR) is 106 cm³/mol. The molecule has 8 heteroatoms. The van der Waals surface area contributed by atoms with Crippen LogP contribution in [0.4, 0.5) is 5.95 Å². The van der Waals surface area contributed by atoms with Crippen molar-refractivity contribution >= 4 is 11.9 Å². The molecule has 2 aromatic rings. The molecule has 150 valence electrons. The average molecular weight is 386 g/mol. The highest BCUT2D eigenvalue weighted by atomic mass is 16.5. The number of benzene rings is 1. The number of nitrogens with zero attached hydrogens (tertiary/aromatic N) is 3. The largest absolute Gasteiger partial charge is 0.497 e. The van der Waals surface area contributed by atoms with Crippen molar-refractivity contribution in [2.24, 2.45) is 0 Å². The molecule has 2 N–H and O–H groups in total. The standard InChI is InChI=1S/C20H27N5O3/c1-15(17-13-16(27-2)5-6-18(17)28-3)23-19(26)14-24-9-11-25(12-10-24)20-21-7-4-8-22-20/h4-8,13,15H,9-12,14H2,1-3H3,(H,23,26)/p+1/t15-/m1/s1. The predicted octanol–water partition coefficient (Wildman–Crippen LogP) is 0.0761. The Hall–Kier alpha value is -2.87. The highest BCUT2D eigenvalue weighted by Crippen LogP contribution is 2.29. The Kier molecular flexibility index (Phi) is 6.65. The number of piperazine rings is 1. The summed E-state index contributed by atoms with van der Waals surface area (Å²) in [5.41, 5.74) is 0.899. The lowest BCUT2D eigenvalue weighted by molar-refractivity contribution is -0.892. The number of rotatable bonds is 7. The van der Waals surface area contributed by atoms with Crippen molar-refractivity contribution in [3.05, 3.63) is 42.2 Å². The summed E-state index contributed by atoms with van der Waals surface area (Å²) in [7, 11) is 3.25. The fourth-order valence-corrected chi connectivity index (χ4v) is 3.43. The summed E-state index contributed by atoms with van der Waals surface area (Å²) in [4.78, 5) is 24.6. The Balaban J connectivity index is 1.52. The van der Waals surface area contributed by atoms with E-state index < -0.39 is 0 Å². The van der Waals surface area contributed by atoms with Crippen molar-refractivity contribution in [3.63, 3.8) is 0 Å². The van der Waals surface area contributed by atoms with Crippen LogP contribution in [0.2, 0.25) is 0 Å². The van der Waals surface area contributed by atoms with Gasteiger partial charge in [0.25, 0.3) is 5.91 Å². The zero-order valence-electron chi connectivity index (χ0n) is 16.6. The monoisotopic (exact) mass is 386 g/mol. The maximum absolute atomic E-state index is 12.6. The van der Waals surface area contributed by atoms with Crippen LogP contribution in [-0.4, -0.2) is 62.8 Å². The molecule has 3 rings (SSSR count). The smallest absolute Gasteiger partial charge is 0.275 e. The lowest BCUT2D eigenvalue weighted by Gasteiger charge is -2.32. The van der Waals surface area contributed by atoms with Crippen LogP contribution in [0.3, 0.4) is 0 Å². The minimum atomic E-state index is -0.170. The Labute approximate surface area is 165 Å². The molecule has 1 atom stereocenters. The summed E-state index contributed by atoms with van der Waals surface area (Å²) in [6.45, 7) is 5.83. The fraction of sp³-hybridized carbons (Fsp3) is 0.450. The second-order valence-electron chi connectivity index (χ2n) is 6.86. The molecular weight excluding hydrogens is 358 g/mol. The number of hydrogen-bond acceptors (Lipinski definition) is 6. The third-order valence-corrected chi connectivity index (χ3v) is 5.00. The summed E-state index contributed by atoms with van der Waals surface area (Å²) in [5.74, 6) is 2.25. The number of ether oxygens (including phenoxy) is 2. The molecule has 8 nitrogen and oxygen atoms in total. The number of anilines is 1. The normalized spacial score (nSPS) is 15.8. The number of hydrogen-bond donors (Lipinski definition) is 2. The van der Waals surface area contributed by atoms with Crippen LogP contribution in [0.25, 0.3) is 0 Å². The molecule has 0 bridgehead atoms. The zero-order valence-corrected chi connectivity index (χ0v) is 16.6. The van der Waals surface area contributed by atoms with Gasteiger partial charge in [-0.1, -0.05) is 0 Å². The molecule has 1 aromatic carbocycles. The van der Waals surface area contributed by atoms with Gasteiger partial charge < -0.3 is 24.6 Å². The first-order chi connectivity index (χ1) is 13.6. The maximum Gasteiger partial charge on any atom is 0.275 e. The molecule has 2 heterocycles. The van der Waals surface area contributed by atoms with Crippen molar-refractivity contribution in [2.45, 2.75) is 13.0 Å². The molecule has 0 aliphatic carbocycles. The summed E-state index contributed by atoms with van der Waals surface area (Å²) in [5, 5.41) is 3.08. The van der Waals surface area contributed by atoms with Gasteiger partial charge in [-0.2, -0.15) is 0 Å². The van der Waals surface area contributed by atoms with Gasteiger partial charge in [-0.25, -0.2) is 9.97 Å². The van der Waals surface area contributed by atoms with Crippen molar-refractivity contribution in [2.75, 3.05) is 51.8 Å². The topological polar surface area (TPSA) is 81.0 Å². The average Bonchev–Trinajstić information content (AvgIpc) is 2.74. The molecule has 0 unspecified atom stereocenters. The van der Waals surface area contributed by atoms with Crippen molar-refractivity contribution < 1.29 is 19.2 Å².